The van der Waals surface area contributed by atoms with Crippen molar-refractivity contribution in [2.45, 2.75) is 38.0 Å². The van der Waals surface area contributed by atoms with E-state index in [-0.39, 0.29) is 6.10 Å². The number of H-pyrrole nitrogens is 1. The number of aromatic nitrogens is 2. The molecule has 102 valence electrons. The summed E-state index contributed by atoms with van der Waals surface area (Å²) in [6.45, 7) is 2.02. The molecule has 2 N–H and O–H groups in total. The molecule has 0 aromatic carbocycles. The molecule has 0 radical (unpaired) electrons. The minimum absolute atomic E-state index is 0.327. The minimum atomic E-state index is -0.327. The molecule has 0 spiro atoms. The zero-order chi connectivity index (χ0) is 13.1. The van der Waals surface area contributed by atoms with E-state index in [2.05, 4.69) is 15.1 Å². The number of thiophene rings is 1. The number of aliphatic hydroxyl groups is 1. The Bertz CT molecular complexity index is 483. The first-order valence-corrected chi connectivity index (χ1v) is 7.64. The summed E-state index contributed by atoms with van der Waals surface area (Å²) in [6.07, 6.45) is 4.69. The van der Waals surface area contributed by atoms with Crippen LogP contribution in [-0.2, 0) is 6.54 Å². The third-order valence-electron chi connectivity index (χ3n) is 3.80. The smallest absolute Gasteiger partial charge is 0.0896 e. The van der Waals surface area contributed by atoms with Crippen molar-refractivity contribution in [3.8, 4) is 0 Å². The Labute approximate surface area is 117 Å². The highest BCUT2D eigenvalue weighted by Crippen LogP contribution is 2.30. The number of hydrogen-bond donors (Lipinski definition) is 2. The topological polar surface area (TPSA) is 52.1 Å². The Morgan fingerprint density at radius 3 is 3.21 bits per heavy atom. The van der Waals surface area contributed by atoms with Crippen LogP contribution in [0.5, 0.6) is 0 Å². The molecule has 4 nitrogen and oxygen atoms in total. The summed E-state index contributed by atoms with van der Waals surface area (Å²) in [5.74, 6) is 0. The lowest BCUT2D eigenvalue weighted by Crippen LogP contribution is -2.30. The SMILES string of the molecule is OC(CC1CCCN1Cc1ccn[nH]1)c1cccs1. The molecule has 2 aromatic heterocycles. The summed E-state index contributed by atoms with van der Waals surface area (Å²) >= 11 is 1.64. The average Bonchev–Trinajstić information content (AvgIpc) is 3.12. The quantitative estimate of drug-likeness (QED) is 0.883. The fourth-order valence-corrected chi connectivity index (χ4v) is 3.54. The van der Waals surface area contributed by atoms with Crippen LogP contribution in [0.25, 0.3) is 0 Å². The van der Waals surface area contributed by atoms with Gasteiger partial charge in [-0.3, -0.25) is 10.00 Å². The normalized spacial score (nSPS) is 21.8. The second kappa shape index (κ2) is 5.86. The third kappa shape index (κ3) is 3.05. The van der Waals surface area contributed by atoms with Gasteiger partial charge in [0.05, 0.1) is 6.10 Å². The van der Waals surface area contributed by atoms with E-state index in [9.17, 15) is 5.11 Å². The maximum Gasteiger partial charge on any atom is 0.0896 e. The largest absolute Gasteiger partial charge is 0.388 e. The Kier molecular flexibility index (Phi) is 3.96. The summed E-state index contributed by atoms with van der Waals surface area (Å²) in [4.78, 5) is 3.53. The number of aromatic amines is 1. The highest BCUT2D eigenvalue weighted by molar-refractivity contribution is 7.10. The first-order valence-electron chi connectivity index (χ1n) is 6.76. The molecule has 2 aromatic rings. The molecule has 5 heteroatoms. The van der Waals surface area contributed by atoms with E-state index in [1.54, 1.807) is 17.5 Å². The van der Waals surface area contributed by atoms with Gasteiger partial charge in [0, 0.05) is 29.4 Å². The maximum atomic E-state index is 10.3. The first-order chi connectivity index (χ1) is 9.33. The van der Waals surface area contributed by atoms with Crippen molar-refractivity contribution in [2.75, 3.05) is 6.54 Å². The Morgan fingerprint density at radius 1 is 1.53 bits per heavy atom. The number of nitrogens with one attached hydrogen (secondary N) is 1. The molecule has 2 unspecified atom stereocenters. The summed E-state index contributed by atoms with van der Waals surface area (Å²) in [6, 6.07) is 6.51. The average molecular weight is 277 g/mol. The van der Waals surface area contributed by atoms with E-state index in [1.807, 2.05) is 23.6 Å². The lowest BCUT2D eigenvalue weighted by atomic mass is 10.1. The molecule has 0 aliphatic carbocycles. The lowest BCUT2D eigenvalue weighted by molar-refractivity contribution is 0.120. The molecule has 19 heavy (non-hydrogen) atoms. The standard InChI is InChI=1S/C14H19N3OS/c18-13(14-4-2-8-19-14)9-12-3-1-7-17(12)10-11-5-6-15-16-11/h2,4-6,8,12-13,18H,1,3,7,9-10H2,(H,15,16). The Balaban J connectivity index is 1.60. The second-order valence-corrected chi connectivity index (χ2v) is 6.09. The molecule has 2 atom stereocenters. The van der Waals surface area contributed by atoms with E-state index in [1.165, 1.54) is 12.8 Å². The van der Waals surface area contributed by atoms with E-state index in [0.717, 1.165) is 30.1 Å². The van der Waals surface area contributed by atoms with Gasteiger partial charge in [0.15, 0.2) is 0 Å². The van der Waals surface area contributed by atoms with E-state index in [4.69, 9.17) is 0 Å². The van der Waals surface area contributed by atoms with Crippen molar-refractivity contribution in [3.63, 3.8) is 0 Å². The van der Waals surface area contributed by atoms with Crippen molar-refractivity contribution < 1.29 is 5.11 Å². The number of aliphatic hydroxyl groups excluding tert-OH is 1. The maximum absolute atomic E-state index is 10.3. The van der Waals surface area contributed by atoms with Gasteiger partial charge < -0.3 is 5.11 Å². The van der Waals surface area contributed by atoms with Gasteiger partial charge in [-0.15, -0.1) is 11.3 Å². The Hall–Kier alpha value is -1.17. The molecule has 1 aliphatic heterocycles. The highest BCUT2D eigenvalue weighted by atomic mass is 32.1. The van der Waals surface area contributed by atoms with Gasteiger partial charge in [-0.25, -0.2) is 0 Å². The van der Waals surface area contributed by atoms with Crippen LogP contribution in [0.15, 0.2) is 29.8 Å². The molecule has 3 heterocycles. The van der Waals surface area contributed by atoms with Gasteiger partial charge in [-0.1, -0.05) is 6.07 Å². The molecule has 0 amide bonds. The van der Waals surface area contributed by atoms with Crippen LogP contribution in [0.2, 0.25) is 0 Å². The highest BCUT2D eigenvalue weighted by Gasteiger charge is 2.27. The summed E-state index contributed by atoms with van der Waals surface area (Å²) in [5, 5.41) is 19.3. The van der Waals surface area contributed by atoms with Crippen LogP contribution in [0, 0.1) is 0 Å². The van der Waals surface area contributed by atoms with Crippen LogP contribution >= 0.6 is 11.3 Å². The van der Waals surface area contributed by atoms with Gasteiger partial charge in [0.25, 0.3) is 0 Å². The predicted octanol–water partition coefficient (Wildman–Crippen LogP) is 2.56. The van der Waals surface area contributed by atoms with E-state index >= 15 is 0 Å². The molecular weight excluding hydrogens is 258 g/mol. The van der Waals surface area contributed by atoms with Crippen molar-refractivity contribution >= 4 is 11.3 Å². The number of rotatable bonds is 5. The van der Waals surface area contributed by atoms with Gasteiger partial charge in [-0.05, 0) is 43.3 Å². The van der Waals surface area contributed by atoms with Gasteiger partial charge >= 0.3 is 0 Å². The zero-order valence-electron chi connectivity index (χ0n) is 10.8. The molecule has 1 saturated heterocycles. The van der Waals surface area contributed by atoms with Crippen molar-refractivity contribution in [1.82, 2.24) is 15.1 Å². The van der Waals surface area contributed by atoms with E-state index in [0.29, 0.717) is 6.04 Å². The molecule has 0 saturated carbocycles. The minimum Gasteiger partial charge on any atom is -0.388 e. The molecule has 3 rings (SSSR count). The van der Waals surface area contributed by atoms with Crippen molar-refractivity contribution in [1.29, 1.82) is 0 Å². The summed E-state index contributed by atoms with van der Waals surface area (Å²) in [7, 11) is 0. The fourth-order valence-electron chi connectivity index (χ4n) is 2.82. The number of hydrogen-bond acceptors (Lipinski definition) is 4. The second-order valence-electron chi connectivity index (χ2n) is 5.12. The monoisotopic (exact) mass is 277 g/mol. The van der Waals surface area contributed by atoms with Crippen molar-refractivity contribution in [2.24, 2.45) is 0 Å². The first kappa shape index (κ1) is 12.8. The lowest BCUT2D eigenvalue weighted by Gasteiger charge is -2.25. The molecular formula is C14H19N3OS. The molecule has 1 aliphatic rings. The summed E-state index contributed by atoms with van der Waals surface area (Å²) in [5.41, 5.74) is 1.15. The predicted molar refractivity (Wildman–Crippen MR) is 75.9 cm³/mol. The van der Waals surface area contributed by atoms with Crippen LogP contribution in [0.1, 0.15) is 35.9 Å². The molecule has 1 fully saturated rings. The third-order valence-corrected chi connectivity index (χ3v) is 4.77. The van der Waals surface area contributed by atoms with Crippen LogP contribution < -0.4 is 0 Å². The van der Waals surface area contributed by atoms with E-state index < -0.39 is 0 Å². The molecule has 0 bridgehead atoms. The number of nitrogens with zero attached hydrogens (tertiary/aromatic N) is 2. The van der Waals surface area contributed by atoms with Crippen molar-refractivity contribution in [3.05, 3.63) is 40.3 Å². The summed E-state index contributed by atoms with van der Waals surface area (Å²) < 4.78 is 0. The van der Waals surface area contributed by atoms with Crippen LogP contribution in [0.3, 0.4) is 0 Å². The van der Waals surface area contributed by atoms with Gasteiger partial charge in [0.1, 0.15) is 0 Å². The van der Waals surface area contributed by atoms with Crippen LogP contribution in [0.4, 0.5) is 0 Å². The zero-order valence-corrected chi connectivity index (χ0v) is 11.6. The van der Waals surface area contributed by atoms with Gasteiger partial charge in [-0.2, -0.15) is 5.10 Å². The van der Waals surface area contributed by atoms with Crippen LogP contribution in [-0.4, -0.2) is 32.8 Å². The Morgan fingerprint density at radius 2 is 2.47 bits per heavy atom. The number of likely N-dealkylation sites (tertiary alicyclic amines) is 1. The van der Waals surface area contributed by atoms with Gasteiger partial charge in [0.2, 0.25) is 0 Å². The fraction of sp³-hybridized carbons (Fsp3) is 0.500.